The largest absolute Gasteiger partial charge is 0.496 e. The first kappa shape index (κ1) is 17.7. The summed E-state index contributed by atoms with van der Waals surface area (Å²) < 4.78 is 6.00. The van der Waals surface area contributed by atoms with Crippen molar-refractivity contribution in [2.75, 3.05) is 7.11 Å². The highest BCUT2D eigenvalue weighted by molar-refractivity contribution is 9.10. The van der Waals surface area contributed by atoms with Crippen molar-refractivity contribution in [3.05, 3.63) is 28.2 Å². The van der Waals surface area contributed by atoms with Gasteiger partial charge in [0.05, 0.1) is 23.7 Å². The molecule has 3 nitrogen and oxygen atoms in total. The second-order valence-corrected chi connectivity index (χ2v) is 6.08. The molecule has 1 rings (SSSR count). The molecule has 2 atom stereocenters. The van der Waals surface area contributed by atoms with Gasteiger partial charge < -0.3 is 15.6 Å². The molecule has 0 radical (unpaired) electrons. The molecule has 0 aromatic heterocycles. The second-order valence-electron chi connectivity index (χ2n) is 5.23. The van der Waals surface area contributed by atoms with Crippen LogP contribution in [-0.2, 0) is 0 Å². The summed E-state index contributed by atoms with van der Waals surface area (Å²) in [5.41, 5.74) is 6.72. The quantitative estimate of drug-likeness (QED) is 0.889. The molecule has 0 spiro atoms. The van der Waals surface area contributed by atoms with E-state index in [0.29, 0.717) is 0 Å². The number of rotatable bonds is 3. The van der Waals surface area contributed by atoms with E-state index in [1.807, 2.05) is 39.0 Å². The Hall–Kier alpha value is -0.290. The molecular formula is C13H21BrClNO2. The van der Waals surface area contributed by atoms with E-state index in [1.165, 1.54) is 0 Å². The first-order valence-corrected chi connectivity index (χ1v) is 6.33. The molecule has 0 unspecified atom stereocenters. The van der Waals surface area contributed by atoms with Gasteiger partial charge in [0, 0.05) is 0 Å². The second kappa shape index (κ2) is 6.75. The lowest BCUT2D eigenvalue weighted by Gasteiger charge is -2.31. The minimum absolute atomic E-state index is 0. The lowest BCUT2D eigenvalue weighted by atomic mass is 9.82. The first-order valence-electron chi connectivity index (χ1n) is 5.54. The third kappa shape index (κ3) is 4.12. The molecule has 18 heavy (non-hydrogen) atoms. The molecule has 0 heterocycles. The van der Waals surface area contributed by atoms with Crippen molar-refractivity contribution in [1.29, 1.82) is 0 Å². The van der Waals surface area contributed by atoms with Crippen molar-refractivity contribution in [2.24, 2.45) is 11.1 Å². The zero-order valence-electron chi connectivity index (χ0n) is 11.1. The van der Waals surface area contributed by atoms with Crippen LogP contribution in [0, 0.1) is 5.41 Å². The van der Waals surface area contributed by atoms with Crippen LogP contribution in [0.4, 0.5) is 0 Å². The normalized spacial score (nSPS) is 14.6. The highest BCUT2D eigenvalue weighted by Crippen LogP contribution is 2.32. The Morgan fingerprint density at radius 1 is 1.33 bits per heavy atom. The van der Waals surface area contributed by atoms with E-state index in [2.05, 4.69) is 15.9 Å². The van der Waals surface area contributed by atoms with Gasteiger partial charge in [0.2, 0.25) is 0 Å². The SMILES string of the molecule is COc1ccc([C@@H](N)[C@@H](O)C(C)(C)C)cc1Br.Cl. The number of hydrogen-bond donors (Lipinski definition) is 2. The number of hydrogen-bond acceptors (Lipinski definition) is 3. The van der Waals surface area contributed by atoms with Crippen molar-refractivity contribution in [3.8, 4) is 5.75 Å². The third-order valence-corrected chi connectivity index (χ3v) is 3.41. The fourth-order valence-electron chi connectivity index (χ4n) is 1.61. The number of benzene rings is 1. The highest BCUT2D eigenvalue weighted by Gasteiger charge is 2.29. The number of ether oxygens (including phenoxy) is 1. The van der Waals surface area contributed by atoms with Gasteiger partial charge in [0.1, 0.15) is 5.75 Å². The minimum Gasteiger partial charge on any atom is -0.496 e. The van der Waals surface area contributed by atoms with Gasteiger partial charge in [0.15, 0.2) is 0 Å². The minimum atomic E-state index is -0.595. The fraction of sp³-hybridized carbons (Fsp3) is 0.538. The number of aliphatic hydroxyl groups is 1. The molecule has 3 N–H and O–H groups in total. The zero-order chi connectivity index (χ0) is 13.2. The molecule has 0 saturated heterocycles. The number of nitrogens with two attached hydrogens (primary N) is 1. The van der Waals surface area contributed by atoms with E-state index >= 15 is 0 Å². The molecule has 1 aromatic rings. The lowest BCUT2D eigenvalue weighted by Crippen LogP contribution is -2.36. The van der Waals surface area contributed by atoms with Gasteiger partial charge in [-0.1, -0.05) is 26.8 Å². The summed E-state index contributed by atoms with van der Waals surface area (Å²) in [7, 11) is 1.61. The predicted octanol–water partition coefficient (Wildman–Crippen LogP) is 3.29. The van der Waals surface area contributed by atoms with Crippen LogP contribution in [0.3, 0.4) is 0 Å². The maximum absolute atomic E-state index is 10.2. The lowest BCUT2D eigenvalue weighted by molar-refractivity contribution is 0.0401. The summed E-state index contributed by atoms with van der Waals surface area (Å²) in [6, 6.07) is 5.20. The standard InChI is InChI=1S/C13H20BrNO2.ClH/c1-13(2,3)12(16)11(15)8-5-6-10(17-4)9(14)7-8;/h5-7,11-12,16H,15H2,1-4H3;1H/t11-,12-;/m1./s1. The first-order chi connectivity index (χ1) is 7.77. The van der Waals surface area contributed by atoms with Crippen LogP contribution in [0.2, 0.25) is 0 Å². The average Bonchev–Trinajstić information content (AvgIpc) is 2.25. The smallest absolute Gasteiger partial charge is 0.133 e. The van der Waals surface area contributed by atoms with E-state index < -0.39 is 12.1 Å². The van der Waals surface area contributed by atoms with E-state index in [0.717, 1.165) is 15.8 Å². The van der Waals surface area contributed by atoms with E-state index in [-0.39, 0.29) is 17.8 Å². The topological polar surface area (TPSA) is 55.5 Å². The van der Waals surface area contributed by atoms with Crippen LogP contribution in [0.1, 0.15) is 32.4 Å². The maximum Gasteiger partial charge on any atom is 0.133 e. The maximum atomic E-state index is 10.2. The van der Waals surface area contributed by atoms with Gasteiger partial charge in [-0.3, -0.25) is 0 Å². The Bertz CT molecular complexity index is 393. The van der Waals surface area contributed by atoms with Crippen molar-refractivity contribution in [2.45, 2.75) is 32.9 Å². The Morgan fingerprint density at radius 2 is 1.89 bits per heavy atom. The summed E-state index contributed by atoms with van der Waals surface area (Å²) in [6.45, 7) is 5.91. The summed E-state index contributed by atoms with van der Waals surface area (Å²) in [6.07, 6.45) is -0.595. The van der Waals surface area contributed by atoms with Gasteiger partial charge in [-0.15, -0.1) is 12.4 Å². The molecule has 0 bridgehead atoms. The summed E-state index contributed by atoms with van der Waals surface area (Å²) in [5.74, 6) is 0.756. The van der Waals surface area contributed by atoms with Gasteiger partial charge >= 0.3 is 0 Å². The highest BCUT2D eigenvalue weighted by atomic mass is 79.9. The molecule has 0 amide bonds. The average molecular weight is 339 g/mol. The molecule has 0 aliphatic rings. The molecule has 0 aliphatic carbocycles. The monoisotopic (exact) mass is 337 g/mol. The third-order valence-electron chi connectivity index (χ3n) is 2.79. The fourth-order valence-corrected chi connectivity index (χ4v) is 2.17. The summed E-state index contributed by atoms with van der Waals surface area (Å²) >= 11 is 3.41. The summed E-state index contributed by atoms with van der Waals surface area (Å²) in [5, 5.41) is 10.2. The molecular weight excluding hydrogens is 318 g/mol. The Morgan fingerprint density at radius 3 is 2.28 bits per heavy atom. The van der Waals surface area contributed by atoms with Crippen LogP contribution in [0.25, 0.3) is 0 Å². The Balaban J connectivity index is 0.00000289. The van der Waals surface area contributed by atoms with E-state index in [9.17, 15) is 5.11 Å². The number of halogens is 2. The molecule has 0 aliphatic heterocycles. The molecule has 0 saturated carbocycles. The van der Waals surface area contributed by atoms with Crippen LogP contribution >= 0.6 is 28.3 Å². The van der Waals surface area contributed by atoms with Gasteiger partial charge in [0.25, 0.3) is 0 Å². The summed E-state index contributed by atoms with van der Waals surface area (Å²) in [4.78, 5) is 0. The van der Waals surface area contributed by atoms with Gasteiger partial charge in [-0.2, -0.15) is 0 Å². The van der Waals surface area contributed by atoms with E-state index in [1.54, 1.807) is 7.11 Å². The van der Waals surface area contributed by atoms with Crippen molar-refractivity contribution in [3.63, 3.8) is 0 Å². The number of aliphatic hydroxyl groups excluding tert-OH is 1. The van der Waals surface area contributed by atoms with Crippen LogP contribution < -0.4 is 10.5 Å². The van der Waals surface area contributed by atoms with Gasteiger partial charge in [-0.25, -0.2) is 0 Å². The molecule has 0 fully saturated rings. The molecule has 104 valence electrons. The Kier molecular flexibility index (Phi) is 6.65. The predicted molar refractivity (Wildman–Crippen MR) is 80.3 cm³/mol. The van der Waals surface area contributed by atoms with Crippen LogP contribution in [0.5, 0.6) is 5.75 Å². The van der Waals surface area contributed by atoms with Crippen LogP contribution in [-0.4, -0.2) is 18.3 Å². The van der Waals surface area contributed by atoms with Gasteiger partial charge in [-0.05, 0) is 39.0 Å². The van der Waals surface area contributed by atoms with Crippen molar-refractivity contribution < 1.29 is 9.84 Å². The van der Waals surface area contributed by atoms with Crippen LogP contribution in [0.15, 0.2) is 22.7 Å². The molecule has 5 heteroatoms. The Labute approximate surface area is 123 Å². The van der Waals surface area contributed by atoms with Crippen molar-refractivity contribution in [1.82, 2.24) is 0 Å². The molecule has 1 aromatic carbocycles. The van der Waals surface area contributed by atoms with Crippen molar-refractivity contribution >= 4 is 28.3 Å². The van der Waals surface area contributed by atoms with E-state index in [4.69, 9.17) is 10.5 Å². The zero-order valence-corrected chi connectivity index (χ0v) is 13.5. The number of methoxy groups -OCH3 is 1.